The molecule has 2 aliphatic rings. The first kappa shape index (κ1) is 23.3. The van der Waals surface area contributed by atoms with Crippen molar-refractivity contribution in [1.29, 1.82) is 0 Å². The van der Waals surface area contributed by atoms with Gasteiger partial charge in [0, 0.05) is 24.7 Å². The third-order valence-electron chi connectivity index (χ3n) is 6.23. The van der Waals surface area contributed by atoms with E-state index in [1.54, 1.807) is 31.4 Å². The molecule has 1 atom stereocenters. The fourth-order valence-corrected chi connectivity index (χ4v) is 5.78. The van der Waals surface area contributed by atoms with Gasteiger partial charge in [-0.1, -0.05) is 6.92 Å². The van der Waals surface area contributed by atoms with Crippen LogP contribution in [0, 0.1) is 5.92 Å². The number of sulfone groups is 1. The summed E-state index contributed by atoms with van der Waals surface area (Å²) < 4.78 is 55.7. The summed E-state index contributed by atoms with van der Waals surface area (Å²) in [5.74, 6) is 2.81. The Morgan fingerprint density at radius 3 is 2.51 bits per heavy atom. The number of hydrogen-bond donors (Lipinski definition) is 0. The lowest BCUT2D eigenvalue weighted by Gasteiger charge is -2.30. The highest BCUT2D eigenvalue weighted by Crippen LogP contribution is 2.40. The van der Waals surface area contributed by atoms with Crippen LogP contribution in [0.3, 0.4) is 0 Å². The Kier molecular flexibility index (Phi) is 6.22. The monoisotopic (exact) mass is 500 g/mol. The van der Waals surface area contributed by atoms with Crippen molar-refractivity contribution in [3.05, 3.63) is 36.4 Å². The zero-order valence-corrected chi connectivity index (χ0v) is 20.8. The minimum Gasteiger partial charge on any atom is -0.493 e. The third-order valence-corrected chi connectivity index (χ3v) is 7.88. The van der Waals surface area contributed by atoms with E-state index >= 15 is 0 Å². The minimum atomic E-state index is -4.02. The molecule has 3 heterocycles. The Morgan fingerprint density at radius 1 is 1.00 bits per heavy atom. The zero-order valence-electron chi connectivity index (χ0n) is 19.9. The molecule has 0 spiro atoms. The molecule has 35 heavy (non-hydrogen) atoms. The van der Waals surface area contributed by atoms with Crippen LogP contribution in [-0.2, 0) is 9.84 Å². The summed E-state index contributed by atoms with van der Waals surface area (Å²) >= 11 is 0. The summed E-state index contributed by atoms with van der Waals surface area (Å²) in [6.45, 7) is 4.31. The molecule has 2 aliphatic heterocycles. The normalized spacial score (nSPS) is 17.8. The smallest absolute Gasteiger partial charge is 0.236 e. The number of oxazole rings is 1. The Balaban J connectivity index is 1.62. The molecule has 3 aromatic rings. The molecule has 1 aromatic heterocycles. The van der Waals surface area contributed by atoms with Crippen LogP contribution in [-0.4, -0.2) is 53.9 Å². The molecule has 9 nitrogen and oxygen atoms in total. The molecule has 1 unspecified atom stereocenters. The molecule has 5 rings (SSSR count). The molecule has 0 aliphatic carbocycles. The van der Waals surface area contributed by atoms with Crippen molar-refractivity contribution in [3.63, 3.8) is 0 Å². The first-order chi connectivity index (χ1) is 16.9. The number of ether oxygens (including phenoxy) is 4. The standard InChI is InChI=1S/C25H28N2O7S/c1-16-5-4-10-27(15-16)25-24(26-23(34-25)17-6-8-19(30-2)21(13-17)31-3)35(28,29)18-7-9-20-22(14-18)33-12-11-32-20/h6-9,13-14,16H,4-5,10-12,15H2,1-3H3. The third kappa shape index (κ3) is 4.38. The summed E-state index contributed by atoms with van der Waals surface area (Å²) in [6.07, 6.45) is 2.02. The fourth-order valence-electron chi connectivity index (χ4n) is 4.44. The molecule has 186 valence electrons. The lowest BCUT2D eigenvalue weighted by molar-refractivity contribution is 0.171. The molecule has 0 saturated carbocycles. The number of nitrogens with zero attached hydrogens (tertiary/aromatic N) is 2. The summed E-state index contributed by atoms with van der Waals surface area (Å²) in [7, 11) is -0.935. The SMILES string of the molecule is COc1ccc(-c2nc(S(=O)(=O)c3ccc4c(c3)OCCO4)c(N3CCCC(C)C3)o2)cc1OC. The lowest BCUT2D eigenvalue weighted by atomic mass is 10.0. The number of methoxy groups -OCH3 is 2. The number of benzene rings is 2. The van der Waals surface area contributed by atoms with E-state index in [-0.39, 0.29) is 21.7 Å². The number of hydrogen-bond acceptors (Lipinski definition) is 9. The van der Waals surface area contributed by atoms with Crippen molar-refractivity contribution in [2.24, 2.45) is 5.92 Å². The second-order valence-electron chi connectivity index (χ2n) is 8.70. The van der Waals surface area contributed by atoms with Crippen LogP contribution < -0.4 is 23.8 Å². The van der Waals surface area contributed by atoms with Gasteiger partial charge >= 0.3 is 0 Å². The first-order valence-electron chi connectivity index (χ1n) is 11.5. The van der Waals surface area contributed by atoms with Crippen molar-refractivity contribution in [2.75, 3.05) is 45.4 Å². The van der Waals surface area contributed by atoms with Crippen molar-refractivity contribution >= 4 is 15.7 Å². The molecule has 0 radical (unpaired) electrons. The van der Waals surface area contributed by atoms with E-state index in [4.69, 9.17) is 23.4 Å². The molecule has 0 bridgehead atoms. The van der Waals surface area contributed by atoms with Crippen LogP contribution in [0.5, 0.6) is 23.0 Å². The van der Waals surface area contributed by atoms with Crippen LogP contribution >= 0.6 is 0 Å². The van der Waals surface area contributed by atoms with Gasteiger partial charge in [-0.3, -0.25) is 0 Å². The largest absolute Gasteiger partial charge is 0.493 e. The summed E-state index contributed by atoms with van der Waals surface area (Å²) in [5.41, 5.74) is 0.581. The summed E-state index contributed by atoms with van der Waals surface area (Å²) in [4.78, 5) is 6.55. The van der Waals surface area contributed by atoms with Crippen LogP contribution in [0.2, 0.25) is 0 Å². The fraction of sp³-hybridized carbons (Fsp3) is 0.400. The molecule has 2 aromatic carbocycles. The number of aromatic nitrogens is 1. The van der Waals surface area contributed by atoms with Crippen LogP contribution in [0.25, 0.3) is 11.5 Å². The predicted octanol–water partition coefficient (Wildman–Crippen LogP) is 4.20. The van der Waals surface area contributed by atoms with Gasteiger partial charge < -0.3 is 28.3 Å². The quantitative estimate of drug-likeness (QED) is 0.493. The second-order valence-corrected chi connectivity index (χ2v) is 10.6. The maximum Gasteiger partial charge on any atom is 0.236 e. The lowest BCUT2D eigenvalue weighted by Crippen LogP contribution is -2.34. The predicted molar refractivity (Wildman–Crippen MR) is 129 cm³/mol. The van der Waals surface area contributed by atoms with Crippen LogP contribution in [0.15, 0.2) is 50.7 Å². The van der Waals surface area contributed by atoms with E-state index in [9.17, 15) is 8.42 Å². The van der Waals surface area contributed by atoms with Gasteiger partial charge in [0.15, 0.2) is 23.0 Å². The molecule has 10 heteroatoms. The van der Waals surface area contributed by atoms with E-state index in [1.165, 1.54) is 19.2 Å². The Hall–Kier alpha value is -3.40. The average Bonchev–Trinajstić information content (AvgIpc) is 3.34. The van der Waals surface area contributed by atoms with Crippen molar-refractivity contribution < 1.29 is 31.8 Å². The van der Waals surface area contributed by atoms with Gasteiger partial charge in [-0.25, -0.2) is 8.42 Å². The Bertz CT molecular complexity index is 1340. The average molecular weight is 501 g/mol. The molecule has 1 saturated heterocycles. The van der Waals surface area contributed by atoms with E-state index in [0.29, 0.717) is 60.8 Å². The van der Waals surface area contributed by atoms with Gasteiger partial charge in [0.05, 0.1) is 19.1 Å². The highest BCUT2D eigenvalue weighted by molar-refractivity contribution is 7.91. The number of piperidine rings is 1. The Labute approximate surface area is 204 Å². The van der Waals surface area contributed by atoms with Gasteiger partial charge in [-0.2, -0.15) is 4.98 Å². The van der Waals surface area contributed by atoms with Gasteiger partial charge in [0.2, 0.25) is 26.6 Å². The van der Waals surface area contributed by atoms with Crippen LogP contribution in [0.4, 0.5) is 5.88 Å². The van der Waals surface area contributed by atoms with Crippen molar-refractivity contribution in [1.82, 2.24) is 4.98 Å². The first-order valence-corrected chi connectivity index (χ1v) is 13.0. The van der Waals surface area contributed by atoms with Crippen molar-refractivity contribution in [3.8, 4) is 34.5 Å². The highest BCUT2D eigenvalue weighted by atomic mass is 32.2. The van der Waals surface area contributed by atoms with E-state index in [2.05, 4.69) is 11.9 Å². The maximum atomic E-state index is 13.8. The summed E-state index contributed by atoms with van der Waals surface area (Å²) in [6, 6.07) is 9.81. The topological polar surface area (TPSA) is 100 Å². The van der Waals surface area contributed by atoms with Gasteiger partial charge in [-0.15, -0.1) is 0 Å². The molecular formula is C25H28N2O7S. The molecule has 0 N–H and O–H groups in total. The minimum absolute atomic E-state index is 0.0696. The number of anilines is 1. The zero-order chi connectivity index (χ0) is 24.6. The maximum absolute atomic E-state index is 13.8. The van der Waals surface area contributed by atoms with E-state index < -0.39 is 9.84 Å². The van der Waals surface area contributed by atoms with E-state index in [0.717, 1.165) is 12.8 Å². The highest BCUT2D eigenvalue weighted by Gasteiger charge is 2.34. The molecule has 1 fully saturated rings. The molecular weight excluding hydrogens is 472 g/mol. The van der Waals surface area contributed by atoms with Gasteiger partial charge in [0.1, 0.15) is 13.2 Å². The summed E-state index contributed by atoms with van der Waals surface area (Å²) in [5, 5.41) is -0.118. The number of rotatable bonds is 6. The van der Waals surface area contributed by atoms with Crippen molar-refractivity contribution in [2.45, 2.75) is 29.7 Å². The van der Waals surface area contributed by atoms with Gasteiger partial charge in [0.25, 0.3) is 0 Å². The second kappa shape index (κ2) is 9.33. The Morgan fingerprint density at radius 2 is 1.77 bits per heavy atom. The van der Waals surface area contributed by atoms with E-state index in [1.807, 2.05) is 4.90 Å². The van der Waals surface area contributed by atoms with Crippen LogP contribution in [0.1, 0.15) is 19.8 Å². The number of fused-ring (bicyclic) bond motifs is 1. The molecule has 0 amide bonds. The van der Waals surface area contributed by atoms with Gasteiger partial charge in [-0.05, 0) is 49.1 Å².